The number of fused-ring (bicyclic) bond motifs is 2. The zero-order valence-corrected chi connectivity index (χ0v) is 19.5. The van der Waals surface area contributed by atoms with E-state index in [-0.39, 0.29) is 25.4 Å². The monoisotopic (exact) mass is 438 g/mol. The molecule has 0 unspecified atom stereocenters. The van der Waals surface area contributed by atoms with Crippen LogP contribution in [0.15, 0.2) is 36.4 Å². The molecule has 0 amide bonds. The topological polar surface area (TPSA) is 71.1 Å². The lowest BCUT2D eigenvalue weighted by Gasteiger charge is -2.19. The summed E-state index contributed by atoms with van der Waals surface area (Å²) in [4.78, 5) is 24.3. The summed E-state index contributed by atoms with van der Waals surface area (Å²) in [6, 6.07) is 11.7. The van der Waals surface area contributed by atoms with Gasteiger partial charge in [0.15, 0.2) is 13.2 Å². The summed E-state index contributed by atoms with van der Waals surface area (Å²) in [5.41, 5.74) is 2.03. The molecule has 6 heteroatoms. The number of benzene rings is 3. The highest BCUT2D eigenvalue weighted by atomic mass is 16.6. The Balaban J connectivity index is 2.13. The van der Waals surface area contributed by atoms with Gasteiger partial charge in [0.25, 0.3) is 0 Å². The van der Waals surface area contributed by atoms with Crippen LogP contribution in [-0.4, -0.2) is 37.4 Å². The van der Waals surface area contributed by atoms with E-state index in [1.807, 2.05) is 50.2 Å². The molecular formula is C26H30O6. The summed E-state index contributed by atoms with van der Waals surface area (Å²) in [7, 11) is 0. The van der Waals surface area contributed by atoms with Crippen molar-refractivity contribution >= 4 is 33.5 Å². The molecule has 0 atom stereocenters. The molecule has 0 aliphatic rings. The summed E-state index contributed by atoms with van der Waals surface area (Å²) in [6.45, 7) is 10.8. The molecule has 0 saturated heterocycles. The summed E-state index contributed by atoms with van der Waals surface area (Å²) in [5, 5.41) is 3.22. The standard InChI is InChI=1S/C26H30O6/c1-15(2)31-22(27)13-29-25-19-9-7-8-10-20(19)26(30-14-23(28)32-16(3)4)24-18(6)11-17(5)12-21(24)25/h7-12,15-16H,13-14H2,1-6H3. The molecule has 3 aromatic rings. The quantitative estimate of drug-likeness (QED) is 0.352. The normalized spacial score (nSPS) is 11.2. The van der Waals surface area contributed by atoms with E-state index in [2.05, 4.69) is 0 Å². The van der Waals surface area contributed by atoms with Crippen molar-refractivity contribution in [1.29, 1.82) is 0 Å². The predicted molar refractivity (Wildman–Crippen MR) is 124 cm³/mol. The van der Waals surface area contributed by atoms with Crippen molar-refractivity contribution in [2.24, 2.45) is 0 Å². The maximum absolute atomic E-state index is 12.1. The van der Waals surface area contributed by atoms with Crippen molar-refractivity contribution in [3.05, 3.63) is 47.5 Å². The van der Waals surface area contributed by atoms with Gasteiger partial charge in [-0.05, 0) is 53.2 Å². The maximum Gasteiger partial charge on any atom is 0.344 e. The summed E-state index contributed by atoms with van der Waals surface area (Å²) < 4.78 is 22.5. The predicted octanol–water partition coefficient (Wildman–Crippen LogP) is 5.27. The molecule has 0 fully saturated rings. The zero-order chi connectivity index (χ0) is 23.4. The summed E-state index contributed by atoms with van der Waals surface area (Å²) in [6.07, 6.45) is -0.434. The van der Waals surface area contributed by atoms with Crippen LogP contribution in [0.25, 0.3) is 21.5 Å². The Kier molecular flexibility index (Phi) is 7.23. The van der Waals surface area contributed by atoms with Crippen LogP contribution in [0.3, 0.4) is 0 Å². The van der Waals surface area contributed by atoms with Crippen LogP contribution in [0, 0.1) is 13.8 Å². The second-order valence-corrected chi connectivity index (χ2v) is 8.36. The van der Waals surface area contributed by atoms with Crippen molar-refractivity contribution in [1.82, 2.24) is 0 Å². The van der Waals surface area contributed by atoms with E-state index in [1.165, 1.54) is 0 Å². The van der Waals surface area contributed by atoms with Gasteiger partial charge in [-0.1, -0.05) is 35.9 Å². The molecule has 170 valence electrons. The van der Waals surface area contributed by atoms with Gasteiger partial charge in [-0.25, -0.2) is 9.59 Å². The van der Waals surface area contributed by atoms with Crippen LogP contribution in [0.4, 0.5) is 0 Å². The average molecular weight is 439 g/mol. The minimum atomic E-state index is -0.432. The first-order chi connectivity index (χ1) is 15.2. The van der Waals surface area contributed by atoms with Gasteiger partial charge in [0.2, 0.25) is 0 Å². The third-order valence-corrected chi connectivity index (χ3v) is 4.77. The fourth-order valence-electron chi connectivity index (χ4n) is 3.77. The first-order valence-electron chi connectivity index (χ1n) is 10.8. The van der Waals surface area contributed by atoms with Crippen molar-refractivity contribution in [3.63, 3.8) is 0 Å². The molecule has 6 nitrogen and oxygen atoms in total. The lowest BCUT2D eigenvalue weighted by molar-refractivity contribution is -0.150. The van der Waals surface area contributed by atoms with E-state index in [4.69, 9.17) is 18.9 Å². The molecule has 0 aliphatic carbocycles. The number of ether oxygens (including phenoxy) is 4. The van der Waals surface area contributed by atoms with E-state index in [0.717, 1.165) is 32.7 Å². The average Bonchev–Trinajstić information content (AvgIpc) is 2.69. The Hall–Kier alpha value is -3.28. The van der Waals surface area contributed by atoms with Gasteiger partial charge < -0.3 is 18.9 Å². The van der Waals surface area contributed by atoms with Crippen molar-refractivity contribution in [3.8, 4) is 11.5 Å². The van der Waals surface area contributed by atoms with Crippen LogP contribution in [-0.2, 0) is 19.1 Å². The van der Waals surface area contributed by atoms with E-state index >= 15 is 0 Å². The fourth-order valence-corrected chi connectivity index (χ4v) is 3.77. The number of carbonyl (C=O) groups is 2. The third-order valence-electron chi connectivity index (χ3n) is 4.77. The molecular weight excluding hydrogens is 408 g/mol. The van der Waals surface area contributed by atoms with Crippen molar-refractivity contribution in [2.45, 2.75) is 53.8 Å². The van der Waals surface area contributed by atoms with Gasteiger partial charge in [-0.2, -0.15) is 0 Å². The highest BCUT2D eigenvalue weighted by molar-refractivity contribution is 6.12. The second-order valence-electron chi connectivity index (χ2n) is 8.36. The molecule has 0 spiro atoms. The fraction of sp³-hybridized carbons (Fsp3) is 0.385. The van der Waals surface area contributed by atoms with Gasteiger partial charge in [-0.15, -0.1) is 0 Å². The van der Waals surface area contributed by atoms with Gasteiger partial charge in [0.1, 0.15) is 11.5 Å². The van der Waals surface area contributed by atoms with Crippen LogP contribution < -0.4 is 9.47 Å². The first-order valence-corrected chi connectivity index (χ1v) is 10.8. The van der Waals surface area contributed by atoms with Crippen LogP contribution in [0.5, 0.6) is 11.5 Å². The Morgan fingerprint density at radius 2 is 1.25 bits per heavy atom. The molecule has 0 bridgehead atoms. The zero-order valence-electron chi connectivity index (χ0n) is 19.5. The van der Waals surface area contributed by atoms with Gasteiger partial charge in [0.05, 0.1) is 12.2 Å². The van der Waals surface area contributed by atoms with Gasteiger partial charge in [-0.3, -0.25) is 0 Å². The Labute approximate surface area is 188 Å². The van der Waals surface area contributed by atoms with E-state index in [0.29, 0.717) is 11.5 Å². The third kappa shape index (κ3) is 5.31. The van der Waals surface area contributed by atoms with Gasteiger partial charge >= 0.3 is 11.9 Å². The lowest BCUT2D eigenvalue weighted by Crippen LogP contribution is -2.19. The molecule has 0 heterocycles. The number of esters is 2. The highest BCUT2D eigenvalue weighted by Gasteiger charge is 2.20. The lowest BCUT2D eigenvalue weighted by atomic mass is 9.95. The second kappa shape index (κ2) is 9.90. The maximum atomic E-state index is 12.1. The number of rotatable bonds is 8. The minimum absolute atomic E-state index is 0.203. The number of hydrogen-bond acceptors (Lipinski definition) is 6. The van der Waals surface area contributed by atoms with Crippen LogP contribution >= 0.6 is 0 Å². The molecule has 0 aliphatic heterocycles. The van der Waals surface area contributed by atoms with Crippen LogP contribution in [0.1, 0.15) is 38.8 Å². The summed E-state index contributed by atoms with van der Waals surface area (Å²) in [5.74, 6) is 0.309. The van der Waals surface area contributed by atoms with E-state index in [9.17, 15) is 9.59 Å². The molecule has 0 saturated carbocycles. The van der Waals surface area contributed by atoms with Crippen molar-refractivity contribution < 1.29 is 28.5 Å². The van der Waals surface area contributed by atoms with E-state index < -0.39 is 11.9 Å². The molecule has 32 heavy (non-hydrogen) atoms. The van der Waals surface area contributed by atoms with E-state index in [1.54, 1.807) is 27.7 Å². The Morgan fingerprint density at radius 3 is 1.78 bits per heavy atom. The highest BCUT2D eigenvalue weighted by Crippen LogP contribution is 2.44. The largest absolute Gasteiger partial charge is 0.481 e. The molecule has 3 aromatic carbocycles. The first kappa shape index (κ1) is 23.4. The molecule has 3 rings (SSSR count). The molecule has 0 aromatic heterocycles. The minimum Gasteiger partial charge on any atom is -0.481 e. The molecule has 0 radical (unpaired) electrons. The Morgan fingerprint density at radius 1 is 0.750 bits per heavy atom. The summed E-state index contributed by atoms with van der Waals surface area (Å²) >= 11 is 0. The number of hydrogen-bond donors (Lipinski definition) is 0. The number of aryl methyl sites for hydroxylation is 2. The SMILES string of the molecule is Cc1cc(C)c2c(OCC(=O)OC(C)C)c3ccccc3c(OCC(=O)OC(C)C)c2c1. The van der Waals surface area contributed by atoms with Crippen LogP contribution in [0.2, 0.25) is 0 Å². The van der Waals surface area contributed by atoms with Crippen molar-refractivity contribution in [2.75, 3.05) is 13.2 Å². The number of carbonyl (C=O) groups excluding carboxylic acids is 2. The van der Waals surface area contributed by atoms with Gasteiger partial charge in [0, 0.05) is 21.5 Å². The Bertz CT molecular complexity index is 1150. The smallest absolute Gasteiger partial charge is 0.344 e. The molecule has 0 N–H and O–H groups in total.